The molecule has 0 saturated carbocycles. The first-order valence-electron chi connectivity index (χ1n) is 7.05. The number of carbonyl (C=O) groups excluding carboxylic acids is 3. The molecule has 1 aliphatic heterocycles. The molecule has 1 saturated heterocycles. The first-order valence-corrected chi connectivity index (χ1v) is 7.46. The van der Waals surface area contributed by atoms with Gasteiger partial charge in [0, 0.05) is 12.0 Å². The lowest BCUT2D eigenvalue weighted by Crippen LogP contribution is -2.70. The molecule has 2 atom stereocenters. The first-order chi connectivity index (χ1) is 11.3. The molecule has 7 nitrogen and oxygen atoms in total. The lowest BCUT2D eigenvalue weighted by molar-refractivity contribution is -0.152. The zero-order valence-electron chi connectivity index (χ0n) is 13.1. The van der Waals surface area contributed by atoms with Crippen molar-refractivity contribution in [3.63, 3.8) is 0 Å². The maximum absolute atomic E-state index is 12.6. The summed E-state index contributed by atoms with van der Waals surface area (Å²) in [5.74, 6) is -3.51. The van der Waals surface area contributed by atoms with Gasteiger partial charge in [0.25, 0.3) is 0 Å². The molecule has 24 heavy (non-hydrogen) atoms. The molecule has 1 heterocycles. The Labute approximate surface area is 144 Å². The van der Waals surface area contributed by atoms with Crippen LogP contribution < -0.4 is 10.6 Å². The van der Waals surface area contributed by atoms with Crippen molar-refractivity contribution in [2.75, 3.05) is 7.11 Å². The van der Waals surface area contributed by atoms with Gasteiger partial charge in [-0.05, 0) is 19.1 Å². The Bertz CT molecular complexity index is 754. The minimum absolute atomic E-state index is 0.131. The van der Waals surface area contributed by atoms with Crippen LogP contribution in [0.15, 0.2) is 24.3 Å². The molecule has 0 radical (unpaired) electrons. The molecule has 1 fully saturated rings. The van der Waals surface area contributed by atoms with Crippen LogP contribution in [0, 0.1) is 24.2 Å². The number of hydrogen-bond acceptors (Lipinski definition) is 6. The van der Waals surface area contributed by atoms with Crippen LogP contribution >= 0.6 is 12.2 Å². The number of amides is 1. The topological polar surface area (TPSA) is 108 Å². The maximum atomic E-state index is 12.6. The molecular formula is C16H15N3O4S. The zero-order valence-corrected chi connectivity index (χ0v) is 13.9. The average Bonchev–Trinajstić information content (AvgIpc) is 2.54. The largest absolute Gasteiger partial charge is 0.467 e. The molecule has 2 N–H and O–H groups in total. The van der Waals surface area contributed by atoms with Gasteiger partial charge < -0.3 is 15.4 Å². The fraction of sp³-hybridized carbons (Fsp3) is 0.312. The summed E-state index contributed by atoms with van der Waals surface area (Å²) in [5.41, 5.74) is -0.523. The van der Waals surface area contributed by atoms with E-state index >= 15 is 0 Å². The van der Waals surface area contributed by atoms with Crippen molar-refractivity contribution in [2.45, 2.75) is 18.9 Å². The molecular weight excluding hydrogens is 330 g/mol. The maximum Gasteiger partial charge on any atom is 0.334 e. The van der Waals surface area contributed by atoms with E-state index in [-0.39, 0.29) is 5.11 Å². The number of nitrogens with zero attached hydrogens (tertiary/aromatic N) is 1. The summed E-state index contributed by atoms with van der Waals surface area (Å²) in [4.78, 5) is 37.0. The summed E-state index contributed by atoms with van der Waals surface area (Å²) in [6.45, 7) is 1.88. The van der Waals surface area contributed by atoms with Crippen molar-refractivity contribution in [3.8, 4) is 6.07 Å². The van der Waals surface area contributed by atoms with Crippen molar-refractivity contribution in [1.82, 2.24) is 10.6 Å². The Kier molecular flexibility index (Phi) is 4.95. The molecule has 0 spiro atoms. The highest BCUT2D eigenvalue weighted by molar-refractivity contribution is 7.80. The highest BCUT2D eigenvalue weighted by Crippen LogP contribution is 2.28. The Morgan fingerprint density at radius 3 is 2.54 bits per heavy atom. The summed E-state index contributed by atoms with van der Waals surface area (Å²) in [7, 11) is 1.12. The number of ether oxygens (including phenoxy) is 1. The predicted octanol–water partition coefficient (Wildman–Crippen LogP) is 0.624. The monoisotopic (exact) mass is 345 g/mol. The summed E-state index contributed by atoms with van der Waals surface area (Å²) < 4.78 is 4.73. The Morgan fingerprint density at radius 2 is 2.00 bits per heavy atom. The van der Waals surface area contributed by atoms with E-state index in [4.69, 9.17) is 17.0 Å². The number of nitriles is 1. The summed E-state index contributed by atoms with van der Waals surface area (Å²) in [6, 6.07) is 8.50. The predicted molar refractivity (Wildman–Crippen MR) is 87.9 cm³/mol. The molecule has 0 bridgehead atoms. The van der Waals surface area contributed by atoms with E-state index < -0.39 is 35.5 Å². The van der Waals surface area contributed by atoms with Gasteiger partial charge in [-0.1, -0.05) is 29.8 Å². The van der Waals surface area contributed by atoms with Crippen molar-refractivity contribution in [3.05, 3.63) is 35.4 Å². The van der Waals surface area contributed by atoms with E-state index in [2.05, 4.69) is 10.6 Å². The van der Waals surface area contributed by atoms with E-state index in [9.17, 15) is 19.6 Å². The summed E-state index contributed by atoms with van der Waals surface area (Å²) in [5, 5.41) is 14.1. The highest BCUT2D eigenvalue weighted by atomic mass is 32.1. The normalized spacial score (nSPS) is 22.8. The van der Waals surface area contributed by atoms with Crippen LogP contribution in [0.3, 0.4) is 0 Å². The average molecular weight is 345 g/mol. The molecule has 2 unspecified atom stereocenters. The number of Topliss-reactive ketones (excluding diaryl/α,β-unsaturated/α-hetero) is 1. The standard InChI is InChI=1S/C16H15N3O4S/c1-9-3-5-10(6-4-9)12(20)7-16(14(22)23-2)11(8-17)13(21)18-15(24)19-16/h3-6,11H,7H2,1-2H3,(H2,18,19,21,24). The lowest BCUT2D eigenvalue weighted by Gasteiger charge is -2.38. The number of carbonyl (C=O) groups is 3. The van der Waals surface area contributed by atoms with Crippen molar-refractivity contribution < 1.29 is 19.1 Å². The fourth-order valence-corrected chi connectivity index (χ4v) is 2.83. The highest BCUT2D eigenvalue weighted by Gasteiger charge is 2.55. The van der Waals surface area contributed by atoms with Gasteiger partial charge in [-0.25, -0.2) is 4.79 Å². The minimum Gasteiger partial charge on any atom is -0.467 e. The third-order valence-corrected chi connectivity index (χ3v) is 4.02. The van der Waals surface area contributed by atoms with Crippen LogP contribution in [-0.4, -0.2) is 35.4 Å². The van der Waals surface area contributed by atoms with Gasteiger partial charge in [0.2, 0.25) is 5.91 Å². The van der Waals surface area contributed by atoms with Crippen LogP contribution in [0.1, 0.15) is 22.3 Å². The Hall–Kier alpha value is -2.79. The molecule has 1 aliphatic rings. The van der Waals surface area contributed by atoms with Gasteiger partial charge in [-0.15, -0.1) is 0 Å². The van der Waals surface area contributed by atoms with Gasteiger partial charge in [0.05, 0.1) is 13.2 Å². The third-order valence-electron chi connectivity index (χ3n) is 3.82. The van der Waals surface area contributed by atoms with Crippen LogP contribution in [0.25, 0.3) is 0 Å². The number of nitrogens with one attached hydrogen (secondary N) is 2. The lowest BCUT2D eigenvalue weighted by atomic mass is 9.77. The number of rotatable bonds is 4. The second kappa shape index (κ2) is 6.76. The molecule has 0 aromatic heterocycles. The molecule has 124 valence electrons. The van der Waals surface area contributed by atoms with E-state index in [1.165, 1.54) is 0 Å². The van der Waals surface area contributed by atoms with E-state index in [0.29, 0.717) is 5.56 Å². The molecule has 1 aromatic carbocycles. The van der Waals surface area contributed by atoms with Gasteiger partial charge >= 0.3 is 5.97 Å². The van der Waals surface area contributed by atoms with Crippen LogP contribution in [-0.2, 0) is 14.3 Å². The number of esters is 1. The van der Waals surface area contributed by atoms with E-state index in [0.717, 1.165) is 12.7 Å². The number of hydrogen-bond donors (Lipinski definition) is 2. The van der Waals surface area contributed by atoms with Gasteiger partial charge in [0.1, 0.15) is 0 Å². The van der Waals surface area contributed by atoms with E-state index in [1.807, 2.05) is 6.92 Å². The third kappa shape index (κ3) is 3.12. The summed E-state index contributed by atoms with van der Waals surface area (Å²) >= 11 is 4.91. The van der Waals surface area contributed by atoms with Crippen LogP contribution in [0.4, 0.5) is 0 Å². The molecule has 1 amide bonds. The van der Waals surface area contributed by atoms with Gasteiger partial charge in [-0.2, -0.15) is 5.26 Å². The second-order valence-corrected chi connectivity index (χ2v) is 5.84. The smallest absolute Gasteiger partial charge is 0.334 e. The van der Waals surface area contributed by atoms with Crippen molar-refractivity contribution >= 4 is 35.0 Å². The SMILES string of the molecule is COC(=O)C1(CC(=O)c2ccc(C)cc2)NC(=S)NC(=O)C1C#N. The number of benzene rings is 1. The number of methoxy groups -OCH3 is 1. The van der Waals surface area contributed by atoms with Crippen molar-refractivity contribution in [2.24, 2.45) is 5.92 Å². The second-order valence-electron chi connectivity index (χ2n) is 5.43. The quantitative estimate of drug-likeness (QED) is 0.468. The Balaban J connectivity index is 2.44. The Morgan fingerprint density at radius 1 is 1.38 bits per heavy atom. The molecule has 0 aliphatic carbocycles. The van der Waals surface area contributed by atoms with Crippen molar-refractivity contribution in [1.29, 1.82) is 5.26 Å². The minimum atomic E-state index is -1.86. The van der Waals surface area contributed by atoms with Gasteiger partial charge in [0.15, 0.2) is 22.4 Å². The van der Waals surface area contributed by atoms with Crippen LogP contribution in [0.5, 0.6) is 0 Å². The molecule has 8 heteroatoms. The summed E-state index contributed by atoms with van der Waals surface area (Å²) in [6.07, 6.45) is -0.436. The number of ketones is 1. The zero-order chi connectivity index (χ0) is 17.9. The molecule has 1 aromatic rings. The van der Waals surface area contributed by atoms with Gasteiger partial charge in [-0.3, -0.25) is 9.59 Å². The number of aryl methyl sites for hydroxylation is 1. The van der Waals surface area contributed by atoms with Crippen LogP contribution in [0.2, 0.25) is 0 Å². The first kappa shape index (κ1) is 17.6. The molecule has 2 rings (SSSR count). The van der Waals surface area contributed by atoms with E-state index in [1.54, 1.807) is 30.3 Å². The number of thiocarbonyl (C=S) groups is 1. The fourth-order valence-electron chi connectivity index (χ4n) is 2.55.